The van der Waals surface area contributed by atoms with E-state index in [1.165, 1.54) is 6.20 Å². The van der Waals surface area contributed by atoms with Gasteiger partial charge in [-0.1, -0.05) is 18.2 Å². The van der Waals surface area contributed by atoms with Crippen LogP contribution in [0.5, 0.6) is 5.75 Å². The second kappa shape index (κ2) is 5.31. The third kappa shape index (κ3) is 2.85. The Bertz CT molecular complexity index is 550. The zero-order valence-electron chi connectivity index (χ0n) is 9.71. The minimum absolute atomic E-state index is 0.234. The average molecular weight is 241 g/mol. The zero-order chi connectivity index (χ0) is 13.0. The molecular weight excluding hydrogens is 228 g/mol. The van der Waals surface area contributed by atoms with Gasteiger partial charge in [0.25, 0.3) is 5.91 Å². The van der Waals surface area contributed by atoms with Crippen molar-refractivity contribution in [1.29, 1.82) is 0 Å². The van der Waals surface area contributed by atoms with E-state index in [-0.39, 0.29) is 11.4 Å². The van der Waals surface area contributed by atoms with E-state index >= 15 is 0 Å². The van der Waals surface area contributed by atoms with E-state index in [0.29, 0.717) is 6.42 Å². The monoisotopic (exact) mass is 241 g/mol. The summed E-state index contributed by atoms with van der Waals surface area (Å²) in [5, 5.41) is 9.18. The number of hydrogen-bond acceptors (Lipinski definition) is 3. The summed E-state index contributed by atoms with van der Waals surface area (Å²) in [5.74, 6) is -0.300. The van der Waals surface area contributed by atoms with Crippen LogP contribution in [0.2, 0.25) is 0 Å². The lowest BCUT2D eigenvalue weighted by molar-refractivity contribution is 0.0995. The summed E-state index contributed by atoms with van der Waals surface area (Å²) in [5.41, 5.74) is 7.28. The Balaban J connectivity index is 2.10. The summed E-state index contributed by atoms with van der Waals surface area (Å²) in [7, 11) is 0. The molecule has 2 aromatic rings. The van der Waals surface area contributed by atoms with Crippen molar-refractivity contribution < 1.29 is 9.90 Å². The Morgan fingerprint density at radius 1 is 1.28 bits per heavy atom. The van der Waals surface area contributed by atoms with Crippen LogP contribution >= 0.6 is 0 Å². The molecule has 91 valence electrons. The van der Waals surface area contributed by atoms with Crippen LogP contribution in [-0.4, -0.2) is 16.0 Å². The summed E-state index contributed by atoms with van der Waals surface area (Å²) < 4.78 is 0. The van der Waals surface area contributed by atoms with Crippen LogP contribution < -0.4 is 5.73 Å². The van der Waals surface area contributed by atoms with Gasteiger partial charge in [0, 0.05) is 6.20 Å². The van der Waals surface area contributed by atoms with E-state index in [1.807, 2.05) is 18.6 Å². The van der Waals surface area contributed by atoms with E-state index in [0.717, 1.165) is 11.1 Å². The SMILES string of the molecule is NC(=O)c1ncccc1[CH]Cc1ccc(O)cc1. The standard InChI is InChI=1S/C14H13N2O2/c15-14(18)13-11(2-1-9-16-13)6-3-10-4-7-12(17)8-5-10/h1-2,4-9,17H,3H2,(H2,15,18). The second-order valence-electron chi connectivity index (χ2n) is 3.88. The molecule has 0 unspecified atom stereocenters. The third-order valence-corrected chi connectivity index (χ3v) is 2.57. The van der Waals surface area contributed by atoms with Crippen molar-refractivity contribution in [3.8, 4) is 5.75 Å². The Kier molecular flexibility index (Phi) is 3.57. The molecule has 0 saturated carbocycles. The van der Waals surface area contributed by atoms with Gasteiger partial charge in [0.05, 0.1) is 0 Å². The van der Waals surface area contributed by atoms with Crippen molar-refractivity contribution in [2.75, 3.05) is 0 Å². The molecule has 0 bridgehead atoms. The number of carbonyl (C=O) groups excluding carboxylic acids is 1. The van der Waals surface area contributed by atoms with Crippen LogP contribution in [0.4, 0.5) is 0 Å². The molecule has 1 heterocycles. The van der Waals surface area contributed by atoms with Gasteiger partial charge >= 0.3 is 0 Å². The molecule has 0 aliphatic heterocycles. The number of benzene rings is 1. The first kappa shape index (κ1) is 12.1. The van der Waals surface area contributed by atoms with Crippen LogP contribution in [0.1, 0.15) is 21.6 Å². The molecule has 1 radical (unpaired) electrons. The summed E-state index contributed by atoms with van der Waals surface area (Å²) >= 11 is 0. The normalized spacial score (nSPS) is 10.2. The molecule has 4 nitrogen and oxygen atoms in total. The number of aromatic nitrogens is 1. The van der Waals surface area contributed by atoms with Crippen LogP contribution in [0.3, 0.4) is 0 Å². The molecule has 0 aliphatic carbocycles. The fraction of sp³-hybridized carbons (Fsp3) is 0.0714. The van der Waals surface area contributed by atoms with Gasteiger partial charge in [-0.2, -0.15) is 0 Å². The Labute approximate surface area is 105 Å². The predicted octanol–water partition coefficient (Wildman–Crippen LogP) is 1.68. The number of hydrogen-bond donors (Lipinski definition) is 2. The minimum atomic E-state index is -0.535. The van der Waals surface area contributed by atoms with Gasteiger partial charge in [0.1, 0.15) is 11.4 Å². The van der Waals surface area contributed by atoms with Gasteiger partial charge in [0.15, 0.2) is 0 Å². The molecule has 0 spiro atoms. The van der Waals surface area contributed by atoms with Crippen molar-refractivity contribution in [1.82, 2.24) is 4.98 Å². The molecule has 18 heavy (non-hydrogen) atoms. The van der Waals surface area contributed by atoms with Crippen molar-refractivity contribution in [3.63, 3.8) is 0 Å². The zero-order valence-corrected chi connectivity index (χ0v) is 9.71. The highest BCUT2D eigenvalue weighted by Crippen LogP contribution is 2.14. The van der Waals surface area contributed by atoms with Crippen molar-refractivity contribution >= 4 is 5.91 Å². The highest BCUT2D eigenvalue weighted by Gasteiger charge is 2.08. The fourth-order valence-corrected chi connectivity index (χ4v) is 1.65. The average Bonchev–Trinajstić information content (AvgIpc) is 2.38. The highest BCUT2D eigenvalue weighted by molar-refractivity contribution is 5.92. The van der Waals surface area contributed by atoms with E-state index in [9.17, 15) is 9.90 Å². The summed E-state index contributed by atoms with van der Waals surface area (Å²) in [4.78, 5) is 15.1. The molecule has 1 amide bonds. The number of nitrogens with zero attached hydrogens (tertiary/aromatic N) is 1. The summed E-state index contributed by atoms with van der Waals surface area (Å²) in [6.45, 7) is 0. The minimum Gasteiger partial charge on any atom is -0.508 e. The largest absolute Gasteiger partial charge is 0.508 e. The number of phenolic OH excluding ortho intramolecular Hbond substituents is 1. The van der Waals surface area contributed by atoms with Crippen LogP contribution in [-0.2, 0) is 6.42 Å². The van der Waals surface area contributed by atoms with E-state index in [1.54, 1.807) is 24.3 Å². The highest BCUT2D eigenvalue weighted by atomic mass is 16.3. The Morgan fingerprint density at radius 2 is 2.00 bits per heavy atom. The number of primary amides is 1. The van der Waals surface area contributed by atoms with E-state index < -0.39 is 5.91 Å². The molecular formula is C14H13N2O2. The number of pyridine rings is 1. The van der Waals surface area contributed by atoms with Gasteiger partial charge in [-0.3, -0.25) is 9.78 Å². The second-order valence-corrected chi connectivity index (χ2v) is 3.88. The molecule has 3 N–H and O–H groups in total. The fourth-order valence-electron chi connectivity index (χ4n) is 1.65. The quantitative estimate of drug-likeness (QED) is 0.855. The maximum atomic E-state index is 11.2. The molecule has 0 atom stereocenters. The van der Waals surface area contributed by atoms with Crippen molar-refractivity contribution in [2.45, 2.75) is 6.42 Å². The van der Waals surface area contributed by atoms with Crippen molar-refractivity contribution in [2.24, 2.45) is 5.73 Å². The summed E-state index contributed by atoms with van der Waals surface area (Å²) in [6, 6.07) is 10.5. The maximum Gasteiger partial charge on any atom is 0.267 e. The van der Waals surface area contributed by atoms with E-state index in [2.05, 4.69) is 4.98 Å². The lowest BCUT2D eigenvalue weighted by Crippen LogP contribution is -2.15. The van der Waals surface area contributed by atoms with Gasteiger partial charge in [-0.15, -0.1) is 0 Å². The maximum absolute atomic E-state index is 11.2. The molecule has 1 aromatic heterocycles. The molecule has 4 heteroatoms. The van der Waals surface area contributed by atoms with Gasteiger partial charge in [-0.05, 0) is 42.2 Å². The van der Waals surface area contributed by atoms with Gasteiger partial charge in [-0.25, -0.2) is 0 Å². The first-order valence-corrected chi connectivity index (χ1v) is 5.53. The van der Waals surface area contributed by atoms with Crippen LogP contribution in [0.25, 0.3) is 0 Å². The number of rotatable bonds is 4. The molecule has 1 aromatic carbocycles. The predicted molar refractivity (Wildman–Crippen MR) is 68.0 cm³/mol. The lowest BCUT2D eigenvalue weighted by atomic mass is 10.0. The Hall–Kier alpha value is -2.36. The molecule has 2 rings (SSSR count). The number of amides is 1. The van der Waals surface area contributed by atoms with Crippen molar-refractivity contribution in [3.05, 3.63) is 65.8 Å². The number of phenols is 1. The Morgan fingerprint density at radius 3 is 2.67 bits per heavy atom. The van der Waals surface area contributed by atoms with Gasteiger partial charge in [0.2, 0.25) is 0 Å². The van der Waals surface area contributed by atoms with Crippen LogP contribution in [0.15, 0.2) is 42.6 Å². The number of nitrogens with two attached hydrogens (primary N) is 1. The first-order chi connectivity index (χ1) is 8.66. The number of aromatic hydroxyl groups is 1. The number of carbonyl (C=O) groups is 1. The van der Waals surface area contributed by atoms with Crippen LogP contribution in [0, 0.1) is 6.42 Å². The lowest BCUT2D eigenvalue weighted by Gasteiger charge is -2.05. The summed E-state index contributed by atoms with van der Waals surface area (Å²) in [6.07, 6.45) is 4.07. The molecule has 0 saturated heterocycles. The third-order valence-electron chi connectivity index (χ3n) is 2.57. The topological polar surface area (TPSA) is 76.2 Å². The van der Waals surface area contributed by atoms with E-state index in [4.69, 9.17) is 5.73 Å². The smallest absolute Gasteiger partial charge is 0.267 e. The molecule has 0 fully saturated rings. The van der Waals surface area contributed by atoms with Gasteiger partial charge < -0.3 is 10.8 Å². The molecule has 0 aliphatic rings. The first-order valence-electron chi connectivity index (χ1n) is 5.53.